The van der Waals surface area contributed by atoms with Crippen LogP contribution < -0.4 is 0 Å². The van der Waals surface area contributed by atoms with Crippen LogP contribution in [0.15, 0.2) is 52.2 Å². The molecule has 0 saturated carbocycles. The Balaban J connectivity index is 2.16. The van der Waals surface area contributed by atoms with Crippen LogP contribution in [0.1, 0.15) is 19.4 Å². The van der Waals surface area contributed by atoms with Crippen molar-refractivity contribution in [2.24, 2.45) is 4.99 Å². The molecule has 0 aliphatic carbocycles. The summed E-state index contributed by atoms with van der Waals surface area (Å²) < 4.78 is 6.70. The number of aromatic nitrogens is 1. The van der Waals surface area contributed by atoms with Crippen LogP contribution in [0.2, 0.25) is 0 Å². The van der Waals surface area contributed by atoms with Crippen LogP contribution >= 0.6 is 15.9 Å². The van der Waals surface area contributed by atoms with Crippen LogP contribution in [0.25, 0.3) is 11.1 Å². The molecule has 0 N–H and O–H groups in total. The van der Waals surface area contributed by atoms with E-state index in [0.717, 1.165) is 21.2 Å². The Morgan fingerprint density at radius 3 is 2.55 bits per heavy atom. The first-order valence-corrected chi connectivity index (χ1v) is 7.28. The molecule has 3 rings (SSSR count). The Morgan fingerprint density at radius 1 is 1.15 bits per heavy atom. The molecular formula is C16H15BrN2O. The zero-order valence-corrected chi connectivity index (χ0v) is 13.0. The van der Waals surface area contributed by atoms with Crippen LogP contribution in [0, 0.1) is 0 Å². The number of halogens is 1. The van der Waals surface area contributed by atoms with Crippen molar-refractivity contribution in [2.45, 2.75) is 19.4 Å². The quantitative estimate of drug-likeness (QED) is 0.831. The predicted octanol–water partition coefficient (Wildman–Crippen LogP) is 4.07. The molecule has 0 unspecified atom stereocenters. The monoisotopic (exact) mass is 330 g/mol. The van der Waals surface area contributed by atoms with Crippen molar-refractivity contribution in [1.82, 2.24) is 4.98 Å². The summed E-state index contributed by atoms with van der Waals surface area (Å²) in [5, 5.41) is 0. The number of nitrogens with zero attached hydrogens (tertiary/aromatic N) is 2. The number of benzene rings is 1. The van der Waals surface area contributed by atoms with E-state index in [1.165, 1.54) is 0 Å². The second-order valence-corrected chi connectivity index (χ2v) is 6.28. The van der Waals surface area contributed by atoms with Gasteiger partial charge in [-0.15, -0.1) is 0 Å². The fraction of sp³-hybridized carbons (Fsp3) is 0.250. The summed E-state index contributed by atoms with van der Waals surface area (Å²) in [6, 6.07) is 10.2. The lowest BCUT2D eigenvalue weighted by Gasteiger charge is -2.11. The van der Waals surface area contributed by atoms with E-state index in [9.17, 15) is 0 Å². The number of pyridine rings is 1. The molecule has 0 amide bonds. The summed E-state index contributed by atoms with van der Waals surface area (Å²) in [5.74, 6) is 0.669. The van der Waals surface area contributed by atoms with E-state index < -0.39 is 0 Å². The number of hydrogen-bond acceptors (Lipinski definition) is 3. The molecule has 0 radical (unpaired) electrons. The van der Waals surface area contributed by atoms with Gasteiger partial charge in [-0.05, 0) is 35.3 Å². The molecule has 1 aliphatic heterocycles. The van der Waals surface area contributed by atoms with Crippen molar-refractivity contribution >= 4 is 21.8 Å². The van der Waals surface area contributed by atoms with Gasteiger partial charge in [-0.3, -0.25) is 4.98 Å². The van der Waals surface area contributed by atoms with E-state index in [0.29, 0.717) is 12.5 Å². The van der Waals surface area contributed by atoms with Crippen LogP contribution in [0.3, 0.4) is 0 Å². The van der Waals surface area contributed by atoms with E-state index >= 15 is 0 Å². The molecule has 0 fully saturated rings. The number of hydrogen-bond donors (Lipinski definition) is 0. The highest BCUT2D eigenvalue weighted by Gasteiger charge is 2.29. The molecule has 4 heteroatoms. The van der Waals surface area contributed by atoms with Gasteiger partial charge in [0.15, 0.2) is 0 Å². The molecule has 0 saturated heterocycles. The Kier molecular flexibility index (Phi) is 3.34. The van der Waals surface area contributed by atoms with Crippen LogP contribution in [0.4, 0.5) is 0 Å². The number of aliphatic imine (C=N–C) groups is 1. The first-order chi connectivity index (χ1) is 9.57. The molecule has 20 heavy (non-hydrogen) atoms. The van der Waals surface area contributed by atoms with Crippen LogP contribution in [0.5, 0.6) is 0 Å². The third-order valence-electron chi connectivity index (χ3n) is 3.16. The highest BCUT2D eigenvalue weighted by atomic mass is 79.9. The average Bonchev–Trinajstić information content (AvgIpc) is 2.80. The Morgan fingerprint density at radius 2 is 1.90 bits per heavy atom. The van der Waals surface area contributed by atoms with E-state index in [1.807, 2.05) is 24.4 Å². The fourth-order valence-corrected chi connectivity index (χ4v) is 2.78. The summed E-state index contributed by atoms with van der Waals surface area (Å²) >= 11 is 3.59. The van der Waals surface area contributed by atoms with Gasteiger partial charge in [0.1, 0.15) is 6.61 Å². The maximum Gasteiger partial charge on any atom is 0.219 e. The first kappa shape index (κ1) is 13.3. The van der Waals surface area contributed by atoms with Crippen molar-refractivity contribution in [1.29, 1.82) is 0 Å². The third-order valence-corrected chi connectivity index (χ3v) is 3.76. The maximum atomic E-state index is 5.76. The lowest BCUT2D eigenvalue weighted by Crippen LogP contribution is -2.17. The summed E-state index contributed by atoms with van der Waals surface area (Å²) in [7, 11) is 0. The standard InChI is InChI=1S/C16H15BrN2O/c1-16(2)10-20-15(19-16)12-8-18-9-13(17)14(12)11-6-4-3-5-7-11/h3-9H,10H2,1-2H3. The summed E-state index contributed by atoms with van der Waals surface area (Å²) in [6.45, 7) is 4.73. The lowest BCUT2D eigenvalue weighted by molar-refractivity contribution is 0.279. The molecule has 0 atom stereocenters. The van der Waals surface area contributed by atoms with Crippen molar-refractivity contribution in [3.63, 3.8) is 0 Å². The molecule has 3 nitrogen and oxygen atoms in total. The molecule has 2 heterocycles. The van der Waals surface area contributed by atoms with E-state index in [1.54, 1.807) is 6.20 Å². The minimum absolute atomic E-state index is 0.175. The van der Waals surface area contributed by atoms with Crippen molar-refractivity contribution < 1.29 is 4.74 Å². The molecule has 1 aromatic carbocycles. The molecule has 2 aromatic rings. The van der Waals surface area contributed by atoms with Gasteiger partial charge < -0.3 is 4.74 Å². The zero-order valence-electron chi connectivity index (χ0n) is 11.4. The van der Waals surface area contributed by atoms with E-state index in [2.05, 4.69) is 51.9 Å². The van der Waals surface area contributed by atoms with Gasteiger partial charge in [-0.25, -0.2) is 4.99 Å². The predicted molar refractivity (Wildman–Crippen MR) is 83.9 cm³/mol. The molecule has 1 aromatic heterocycles. The Bertz CT molecular complexity index is 665. The van der Waals surface area contributed by atoms with Crippen molar-refractivity contribution in [3.8, 4) is 11.1 Å². The largest absolute Gasteiger partial charge is 0.475 e. The van der Waals surface area contributed by atoms with Crippen molar-refractivity contribution in [2.75, 3.05) is 6.61 Å². The van der Waals surface area contributed by atoms with Gasteiger partial charge in [-0.2, -0.15) is 0 Å². The summed E-state index contributed by atoms with van der Waals surface area (Å²) in [4.78, 5) is 8.91. The highest BCUT2D eigenvalue weighted by Crippen LogP contribution is 2.33. The lowest BCUT2D eigenvalue weighted by atomic mass is 10.0. The minimum Gasteiger partial charge on any atom is -0.475 e. The molecule has 0 spiro atoms. The second kappa shape index (κ2) is 5.02. The maximum absolute atomic E-state index is 5.76. The Labute approximate surface area is 126 Å². The van der Waals surface area contributed by atoms with Crippen LogP contribution in [-0.4, -0.2) is 23.0 Å². The average molecular weight is 331 g/mol. The molecule has 102 valence electrons. The molecule has 1 aliphatic rings. The topological polar surface area (TPSA) is 34.5 Å². The van der Waals surface area contributed by atoms with Gasteiger partial charge in [0.25, 0.3) is 0 Å². The smallest absolute Gasteiger partial charge is 0.219 e. The number of rotatable bonds is 2. The first-order valence-electron chi connectivity index (χ1n) is 6.49. The fourth-order valence-electron chi connectivity index (χ4n) is 2.22. The SMILES string of the molecule is CC1(C)COC(c2cncc(Br)c2-c2ccccc2)=N1. The summed E-state index contributed by atoms with van der Waals surface area (Å²) in [6.07, 6.45) is 3.61. The number of ether oxygens (including phenoxy) is 1. The van der Waals surface area contributed by atoms with Crippen molar-refractivity contribution in [3.05, 3.63) is 52.8 Å². The van der Waals surface area contributed by atoms with Gasteiger partial charge in [0, 0.05) is 22.4 Å². The third kappa shape index (κ3) is 2.48. The van der Waals surface area contributed by atoms with Gasteiger partial charge in [0.05, 0.1) is 11.1 Å². The van der Waals surface area contributed by atoms with E-state index in [4.69, 9.17) is 4.74 Å². The second-order valence-electron chi connectivity index (χ2n) is 5.43. The van der Waals surface area contributed by atoms with Gasteiger partial charge in [0.2, 0.25) is 5.90 Å². The van der Waals surface area contributed by atoms with Gasteiger partial charge >= 0.3 is 0 Å². The van der Waals surface area contributed by atoms with Gasteiger partial charge in [-0.1, -0.05) is 30.3 Å². The minimum atomic E-state index is -0.175. The summed E-state index contributed by atoms with van der Waals surface area (Å²) in [5.41, 5.74) is 2.94. The Hall–Kier alpha value is -1.68. The normalized spacial score (nSPS) is 16.6. The molecule has 0 bridgehead atoms. The molecular weight excluding hydrogens is 316 g/mol. The zero-order chi connectivity index (χ0) is 14.2. The van der Waals surface area contributed by atoms with Crippen LogP contribution in [-0.2, 0) is 4.74 Å². The highest BCUT2D eigenvalue weighted by molar-refractivity contribution is 9.10. The van der Waals surface area contributed by atoms with E-state index in [-0.39, 0.29) is 5.54 Å².